The number of nitrogens with zero attached hydrogens (tertiary/aromatic N) is 6. The van der Waals surface area contributed by atoms with Crippen molar-refractivity contribution >= 4 is 35.6 Å². The number of aliphatic imine (C=N–C) groups is 1. The van der Waals surface area contributed by atoms with E-state index in [4.69, 9.17) is 4.99 Å². The standard InChI is InChI=1S/C19H27N7.HI/c1-15-22-23-18(24(15)2)14-20-19(21-16-8-9-16)26-12-10-25(11-13-26)17-6-4-3-5-7-17;/h3-7,16H,8-14H2,1-2H3,(H,20,21);1H. The molecule has 8 heteroatoms. The van der Waals surface area contributed by atoms with Crippen LogP contribution in [0.2, 0.25) is 0 Å². The molecule has 2 fully saturated rings. The first-order chi connectivity index (χ1) is 12.7. The molecule has 0 amide bonds. The number of hydrogen-bond donors (Lipinski definition) is 1. The molecule has 2 heterocycles. The van der Waals surface area contributed by atoms with E-state index in [1.807, 2.05) is 18.5 Å². The van der Waals surface area contributed by atoms with Crippen LogP contribution < -0.4 is 10.2 Å². The van der Waals surface area contributed by atoms with Crippen LogP contribution in [-0.4, -0.2) is 57.8 Å². The van der Waals surface area contributed by atoms with Gasteiger partial charge in [0, 0.05) is 45.0 Å². The number of hydrogen-bond acceptors (Lipinski definition) is 4. The van der Waals surface area contributed by atoms with E-state index in [2.05, 4.69) is 55.6 Å². The van der Waals surface area contributed by atoms with E-state index in [1.54, 1.807) is 0 Å². The largest absolute Gasteiger partial charge is 0.368 e. The van der Waals surface area contributed by atoms with Crippen LogP contribution in [0, 0.1) is 6.92 Å². The van der Waals surface area contributed by atoms with Crippen molar-refractivity contribution in [2.75, 3.05) is 31.1 Å². The summed E-state index contributed by atoms with van der Waals surface area (Å²) in [6.07, 6.45) is 2.48. The number of nitrogens with one attached hydrogen (secondary N) is 1. The van der Waals surface area contributed by atoms with Crippen molar-refractivity contribution in [3.8, 4) is 0 Å². The fourth-order valence-corrected chi connectivity index (χ4v) is 3.20. The number of aryl methyl sites for hydroxylation is 1. The zero-order valence-electron chi connectivity index (χ0n) is 16.0. The molecular formula is C19H28IN7. The minimum absolute atomic E-state index is 0. The van der Waals surface area contributed by atoms with Gasteiger partial charge in [-0.3, -0.25) is 0 Å². The maximum atomic E-state index is 4.86. The molecule has 4 rings (SSSR count). The highest BCUT2D eigenvalue weighted by Crippen LogP contribution is 2.20. The predicted octanol–water partition coefficient (Wildman–Crippen LogP) is 2.17. The monoisotopic (exact) mass is 481 g/mol. The summed E-state index contributed by atoms with van der Waals surface area (Å²) in [5, 5.41) is 12.0. The Balaban J connectivity index is 0.00000210. The van der Waals surface area contributed by atoms with Crippen LogP contribution in [0.5, 0.6) is 0 Å². The lowest BCUT2D eigenvalue weighted by Crippen LogP contribution is -2.53. The van der Waals surface area contributed by atoms with Gasteiger partial charge in [-0.1, -0.05) is 18.2 Å². The fourth-order valence-electron chi connectivity index (χ4n) is 3.20. The molecule has 2 aliphatic rings. The van der Waals surface area contributed by atoms with E-state index in [0.717, 1.165) is 43.8 Å². The van der Waals surface area contributed by atoms with Crippen LogP contribution in [0.25, 0.3) is 0 Å². The molecule has 0 radical (unpaired) electrons. The molecule has 0 spiro atoms. The van der Waals surface area contributed by atoms with Crippen molar-refractivity contribution in [2.24, 2.45) is 12.0 Å². The van der Waals surface area contributed by atoms with Crippen LogP contribution in [0.1, 0.15) is 24.5 Å². The number of aromatic nitrogens is 3. The lowest BCUT2D eigenvalue weighted by atomic mass is 10.2. The number of anilines is 1. The summed E-state index contributed by atoms with van der Waals surface area (Å²) in [5.41, 5.74) is 1.30. The highest BCUT2D eigenvalue weighted by molar-refractivity contribution is 14.0. The van der Waals surface area contributed by atoms with Gasteiger partial charge in [-0.25, -0.2) is 4.99 Å². The zero-order chi connectivity index (χ0) is 17.9. The van der Waals surface area contributed by atoms with Gasteiger partial charge in [-0.15, -0.1) is 34.2 Å². The third kappa shape index (κ3) is 4.91. The van der Waals surface area contributed by atoms with E-state index in [-0.39, 0.29) is 24.0 Å². The Hall–Kier alpha value is -1.84. The van der Waals surface area contributed by atoms with Crippen LogP contribution in [0.3, 0.4) is 0 Å². The number of rotatable bonds is 4. The molecule has 2 aromatic rings. The summed E-state index contributed by atoms with van der Waals surface area (Å²) in [6.45, 7) is 6.51. The Kier molecular flexibility index (Phi) is 6.56. The van der Waals surface area contributed by atoms with Gasteiger partial charge in [0.1, 0.15) is 12.4 Å². The number of piperazine rings is 1. The summed E-state index contributed by atoms with van der Waals surface area (Å²) in [7, 11) is 1.99. The van der Waals surface area contributed by atoms with Gasteiger partial charge >= 0.3 is 0 Å². The molecule has 27 heavy (non-hydrogen) atoms. The molecule has 1 saturated heterocycles. The average Bonchev–Trinajstić information content (AvgIpc) is 3.45. The first-order valence-corrected chi connectivity index (χ1v) is 9.41. The molecule has 1 aliphatic carbocycles. The maximum absolute atomic E-state index is 4.86. The second kappa shape index (κ2) is 8.90. The van der Waals surface area contributed by atoms with E-state index in [9.17, 15) is 0 Å². The van der Waals surface area contributed by atoms with Crippen LogP contribution in [0.15, 0.2) is 35.3 Å². The summed E-state index contributed by atoms with van der Waals surface area (Å²) < 4.78 is 2.01. The molecule has 146 valence electrons. The van der Waals surface area contributed by atoms with Gasteiger partial charge in [0.2, 0.25) is 0 Å². The topological polar surface area (TPSA) is 61.6 Å². The van der Waals surface area contributed by atoms with Gasteiger partial charge in [0.25, 0.3) is 0 Å². The third-order valence-electron chi connectivity index (χ3n) is 5.16. The quantitative estimate of drug-likeness (QED) is 0.412. The van der Waals surface area contributed by atoms with Crippen molar-refractivity contribution in [3.05, 3.63) is 42.0 Å². The van der Waals surface area contributed by atoms with Crippen LogP contribution >= 0.6 is 24.0 Å². The second-order valence-electron chi connectivity index (χ2n) is 7.09. The third-order valence-corrected chi connectivity index (χ3v) is 5.16. The molecular weight excluding hydrogens is 453 g/mol. The molecule has 0 atom stereocenters. The zero-order valence-corrected chi connectivity index (χ0v) is 18.3. The highest BCUT2D eigenvalue weighted by Gasteiger charge is 2.27. The van der Waals surface area contributed by atoms with Gasteiger partial charge in [-0.05, 0) is 31.9 Å². The average molecular weight is 481 g/mol. The Bertz CT molecular complexity index is 762. The SMILES string of the molecule is Cc1nnc(CN=C(NC2CC2)N2CCN(c3ccccc3)CC2)n1C.I. The highest BCUT2D eigenvalue weighted by atomic mass is 127. The normalized spacial score (nSPS) is 17.6. The molecule has 0 bridgehead atoms. The van der Waals surface area contributed by atoms with Crippen LogP contribution in [0.4, 0.5) is 5.69 Å². The molecule has 0 unspecified atom stereocenters. The van der Waals surface area contributed by atoms with Gasteiger partial charge < -0.3 is 19.7 Å². The molecule has 1 aromatic carbocycles. The summed E-state index contributed by atoms with van der Waals surface area (Å²) in [5.74, 6) is 2.84. The van der Waals surface area contributed by atoms with Crippen LogP contribution in [-0.2, 0) is 13.6 Å². The first-order valence-electron chi connectivity index (χ1n) is 9.41. The van der Waals surface area contributed by atoms with Gasteiger partial charge in [0.15, 0.2) is 11.8 Å². The Morgan fingerprint density at radius 2 is 1.81 bits per heavy atom. The summed E-state index contributed by atoms with van der Waals surface area (Å²) in [4.78, 5) is 9.68. The summed E-state index contributed by atoms with van der Waals surface area (Å²) >= 11 is 0. The number of para-hydroxylation sites is 1. The lowest BCUT2D eigenvalue weighted by molar-refractivity contribution is 0.371. The summed E-state index contributed by atoms with van der Waals surface area (Å²) in [6, 6.07) is 11.2. The van der Waals surface area contributed by atoms with E-state index >= 15 is 0 Å². The maximum Gasteiger partial charge on any atom is 0.194 e. The Morgan fingerprint density at radius 3 is 2.41 bits per heavy atom. The molecule has 1 N–H and O–H groups in total. The van der Waals surface area contributed by atoms with Crippen molar-refractivity contribution in [2.45, 2.75) is 32.4 Å². The predicted molar refractivity (Wildman–Crippen MR) is 119 cm³/mol. The molecule has 1 aliphatic heterocycles. The number of guanidine groups is 1. The van der Waals surface area contributed by atoms with E-state index in [1.165, 1.54) is 18.5 Å². The van der Waals surface area contributed by atoms with Gasteiger partial charge in [-0.2, -0.15) is 0 Å². The smallest absolute Gasteiger partial charge is 0.194 e. The van der Waals surface area contributed by atoms with Crippen molar-refractivity contribution in [1.29, 1.82) is 0 Å². The lowest BCUT2D eigenvalue weighted by Gasteiger charge is -2.37. The molecule has 7 nitrogen and oxygen atoms in total. The molecule has 1 aromatic heterocycles. The van der Waals surface area contributed by atoms with E-state index < -0.39 is 0 Å². The minimum atomic E-state index is 0. The minimum Gasteiger partial charge on any atom is -0.368 e. The Morgan fingerprint density at radius 1 is 1.11 bits per heavy atom. The Labute approximate surface area is 177 Å². The fraction of sp³-hybridized carbons (Fsp3) is 0.526. The van der Waals surface area contributed by atoms with Crippen molar-refractivity contribution in [3.63, 3.8) is 0 Å². The number of halogens is 1. The van der Waals surface area contributed by atoms with E-state index in [0.29, 0.717) is 12.6 Å². The second-order valence-corrected chi connectivity index (χ2v) is 7.09. The van der Waals surface area contributed by atoms with Gasteiger partial charge in [0.05, 0.1) is 0 Å². The van der Waals surface area contributed by atoms with Crippen molar-refractivity contribution in [1.82, 2.24) is 25.0 Å². The number of benzene rings is 1. The van der Waals surface area contributed by atoms with Crippen molar-refractivity contribution < 1.29 is 0 Å². The molecule has 1 saturated carbocycles. The first kappa shape index (κ1) is 19.9.